The Kier molecular flexibility index (Phi) is 8.59. The van der Waals surface area contributed by atoms with Crippen LogP contribution in [0.2, 0.25) is 0 Å². The molecule has 218 valence electrons. The summed E-state index contributed by atoms with van der Waals surface area (Å²) in [7, 11) is 0. The Bertz CT molecular complexity index is 1560. The van der Waals surface area contributed by atoms with Crippen LogP contribution in [0.3, 0.4) is 0 Å². The van der Waals surface area contributed by atoms with Crippen LogP contribution in [0, 0.1) is 0 Å². The summed E-state index contributed by atoms with van der Waals surface area (Å²) in [6.45, 7) is 0.995. The molecular formula is C33H27F6NO2. The first-order chi connectivity index (χ1) is 20.1. The Balaban J connectivity index is 1.58. The molecule has 42 heavy (non-hydrogen) atoms. The number of hydrogen-bond acceptors (Lipinski definition) is 3. The Hall–Kier alpha value is -4.24. The van der Waals surface area contributed by atoms with Crippen LogP contribution in [0.4, 0.5) is 26.3 Å². The van der Waals surface area contributed by atoms with Gasteiger partial charge in [-0.25, -0.2) is 0 Å². The smallest absolute Gasteiger partial charge is 0.419 e. The molecule has 0 aliphatic carbocycles. The minimum absolute atomic E-state index is 0.149. The quantitative estimate of drug-likeness (QED) is 0.210. The summed E-state index contributed by atoms with van der Waals surface area (Å²) in [6, 6.07) is 23.0. The van der Waals surface area contributed by atoms with E-state index in [0.29, 0.717) is 36.2 Å². The molecule has 1 heterocycles. The molecular weight excluding hydrogens is 556 g/mol. The molecule has 1 N–H and O–H groups in total. The average molecular weight is 584 g/mol. The summed E-state index contributed by atoms with van der Waals surface area (Å²) in [5, 5.41) is 3.25. The van der Waals surface area contributed by atoms with E-state index < -0.39 is 23.5 Å². The van der Waals surface area contributed by atoms with Gasteiger partial charge in [-0.1, -0.05) is 60.7 Å². The molecule has 4 aromatic rings. The van der Waals surface area contributed by atoms with E-state index in [1.165, 1.54) is 36.4 Å². The summed E-state index contributed by atoms with van der Waals surface area (Å²) in [4.78, 5) is 0. The van der Waals surface area contributed by atoms with E-state index in [4.69, 9.17) is 9.47 Å². The van der Waals surface area contributed by atoms with Crippen LogP contribution in [0.15, 0.2) is 97.1 Å². The molecule has 0 fully saturated rings. The molecule has 0 spiro atoms. The summed E-state index contributed by atoms with van der Waals surface area (Å²) in [5.41, 5.74) is 2.74. The summed E-state index contributed by atoms with van der Waals surface area (Å²) >= 11 is 0. The Morgan fingerprint density at radius 1 is 0.643 bits per heavy atom. The van der Waals surface area contributed by atoms with Crippen molar-refractivity contribution in [3.05, 3.63) is 125 Å². The number of para-hydroxylation sites is 2. The van der Waals surface area contributed by atoms with Crippen LogP contribution < -0.4 is 14.8 Å². The van der Waals surface area contributed by atoms with Crippen LogP contribution >= 0.6 is 0 Å². The standard InChI is InChI=1S/C33H27F6NO2/c34-32(35,36)28-10-4-6-12-30(28)41-20-22-18-25(23-8-2-1-3-9-23)27(26(19-22)24-14-16-40-17-15-24)21-42-31-13-7-5-11-29(31)33(37,38)39/h1-14,18-19,40H,15-17,20-21H2. The van der Waals surface area contributed by atoms with Crippen LogP contribution in [-0.4, -0.2) is 13.1 Å². The zero-order chi connectivity index (χ0) is 29.7. The minimum atomic E-state index is -4.59. The Labute approximate surface area is 239 Å². The molecule has 0 amide bonds. The molecule has 0 aromatic heterocycles. The minimum Gasteiger partial charge on any atom is -0.488 e. The number of rotatable bonds is 8. The molecule has 0 unspecified atom stereocenters. The number of halogens is 6. The van der Waals surface area contributed by atoms with Crippen molar-refractivity contribution in [3.8, 4) is 22.6 Å². The number of nitrogens with one attached hydrogen (secondary N) is 1. The fourth-order valence-corrected chi connectivity index (χ4v) is 4.96. The lowest BCUT2D eigenvalue weighted by atomic mass is 9.88. The third-order valence-electron chi connectivity index (χ3n) is 6.96. The Morgan fingerprint density at radius 2 is 1.19 bits per heavy atom. The highest BCUT2D eigenvalue weighted by molar-refractivity contribution is 5.79. The van der Waals surface area contributed by atoms with Crippen LogP contribution in [-0.2, 0) is 25.6 Å². The van der Waals surface area contributed by atoms with Crippen molar-refractivity contribution in [1.29, 1.82) is 0 Å². The predicted molar refractivity (Wildman–Crippen MR) is 149 cm³/mol. The van der Waals surface area contributed by atoms with E-state index in [2.05, 4.69) is 5.32 Å². The summed E-state index contributed by atoms with van der Waals surface area (Å²) < 4.78 is 93.3. The van der Waals surface area contributed by atoms with Gasteiger partial charge in [0.15, 0.2) is 0 Å². The lowest BCUT2D eigenvalue weighted by Gasteiger charge is -2.23. The molecule has 3 nitrogen and oxygen atoms in total. The van der Waals surface area contributed by atoms with Gasteiger partial charge in [-0.15, -0.1) is 0 Å². The van der Waals surface area contributed by atoms with Crippen LogP contribution in [0.25, 0.3) is 16.7 Å². The third kappa shape index (κ3) is 6.79. The molecule has 0 radical (unpaired) electrons. The van der Waals surface area contributed by atoms with E-state index in [0.717, 1.165) is 28.8 Å². The first kappa shape index (κ1) is 29.3. The van der Waals surface area contributed by atoms with Gasteiger partial charge in [-0.05, 0) is 77.2 Å². The van der Waals surface area contributed by atoms with E-state index in [1.807, 2.05) is 42.5 Å². The van der Waals surface area contributed by atoms with Gasteiger partial charge in [0.1, 0.15) is 24.7 Å². The highest BCUT2D eigenvalue weighted by Crippen LogP contribution is 2.40. The first-order valence-corrected chi connectivity index (χ1v) is 13.3. The van der Waals surface area contributed by atoms with Crippen LogP contribution in [0.1, 0.15) is 34.2 Å². The molecule has 0 bridgehead atoms. The van der Waals surface area contributed by atoms with Crippen molar-refractivity contribution >= 4 is 5.57 Å². The van der Waals surface area contributed by atoms with E-state index in [9.17, 15) is 26.3 Å². The van der Waals surface area contributed by atoms with Crippen molar-refractivity contribution in [1.82, 2.24) is 5.32 Å². The molecule has 9 heteroatoms. The topological polar surface area (TPSA) is 30.5 Å². The monoisotopic (exact) mass is 583 g/mol. The lowest BCUT2D eigenvalue weighted by molar-refractivity contribution is -0.139. The second-order valence-electron chi connectivity index (χ2n) is 9.78. The number of alkyl halides is 6. The van der Waals surface area contributed by atoms with Gasteiger partial charge in [0.2, 0.25) is 0 Å². The lowest BCUT2D eigenvalue weighted by Crippen LogP contribution is -2.21. The van der Waals surface area contributed by atoms with Gasteiger partial charge in [0.25, 0.3) is 0 Å². The molecule has 1 aliphatic rings. The van der Waals surface area contributed by atoms with Gasteiger partial charge in [0, 0.05) is 12.1 Å². The van der Waals surface area contributed by atoms with Crippen molar-refractivity contribution in [2.75, 3.05) is 13.1 Å². The summed E-state index contributed by atoms with van der Waals surface area (Å²) in [6.07, 6.45) is -6.51. The van der Waals surface area contributed by atoms with E-state index in [1.54, 1.807) is 6.07 Å². The number of ether oxygens (including phenoxy) is 2. The third-order valence-corrected chi connectivity index (χ3v) is 6.96. The maximum absolute atomic E-state index is 13.7. The maximum atomic E-state index is 13.7. The highest BCUT2D eigenvalue weighted by Gasteiger charge is 2.35. The van der Waals surface area contributed by atoms with Crippen molar-refractivity contribution in [3.63, 3.8) is 0 Å². The molecule has 4 aromatic carbocycles. The van der Waals surface area contributed by atoms with Crippen molar-refractivity contribution < 1.29 is 35.8 Å². The fourth-order valence-electron chi connectivity index (χ4n) is 4.96. The summed E-state index contributed by atoms with van der Waals surface area (Å²) in [5.74, 6) is -0.574. The maximum Gasteiger partial charge on any atom is 0.419 e. The van der Waals surface area contributed by atoms with Crippen molar-refractivity contribution in [2.24, 2.45) is 0 Å². The fraction of sp³-hybridized carbons (Fsp3) is 0.212. The highest BCUT2D eigenvalue weighted by atomic mass is 19.4. The van der Waals surface area contributed by atoms with Gasteiger partial charge in [-0.3, -0.25) is 0 Å². The molecule has 0 saturated carbocycles. The second kappa shape index (κ2) is 12.3. The number of hydrogen-bond donors (Lipinski definition) is 1. The zero-order valence-corrected chi connectivity index (χ0v) is 22.4. The normalized spacial score (nSPS) is 13.9. The number of benzene rings is 4. The largest absolute Gasteiger partial charge is 0.488 e. The molecule has 0 atom stereocenters. The average Bonchev–Trinajstić information content (AvgIpc) is 2.99. The molecule has 5 rings (SSSR count). The van der Waals surface area contributed by atoms with Gasteiger partial charge in [0.05, 0.1) is 11.1 Å². The zero-order valence-electron chi connectivity index (χ0n) is 22.4. The van der Waals surface area contributed by atoms with Crippen LogP contribution in [0.5, 0.6) is 11.5 Å². The second-order valence-corrected chi connectivity index (χ2v) is 9.78. The first-order valence-electron chi connectivity index (χ1n) is 13.3. The Morgan fingerprint density at radius 3 is 1.76 bits per heavy atom. The van der Waals surface area contributed by atoms with Gasteiger partial charge >= 0.3 is 12.4 Å². The van der Waals surface area contributed by atoms with Crippen molar-refractivity contribution in [2.45, 2.75) is 32.0 Å². The predicted octanol–water partition coefficient (Wildman–Crippen LogP) is 8.93. The van der Waals surface area contributed by atoms with Gasteiger partial charge < -0.3 is 14.8 Å². The SMILES string of the molecule is FC(F)(F)c1ccccc1OCc1cc(C2=CCNCC2)c(COc2ccccc2C(F)(F)F)c(-c2ccccc2)c1. The van der Waals surface area contributed by atoms with E-state index >= 15 is 0 Å². The molecule has 0 saturated heterocycles. The van der Waals surface area contributed by atoms with Gasteiger partial charge in [-0.2, -0.15) is 26.3 Å². The molecule has 1 aliphatic heterocycles. The van der Waals surface area contributed by atoms with E-state index in [-0.39, 0.29) is 24.7 Å².